The molecule has 2 aromatic heterocycles. The van der Waals surface area contributed by atoms with Gasteiger partial charge in [-0.3, -0.25) is 4.79 Å². The Morgan fingerprint density at radius 1 is 1.11 bits per heavy atom. The second-order valence-corrected chi connectivity index (χ2v) is 8.27. The maximum atomic E-state index is 12.0. The molecule has 0 spiro atoms. The number of aromatic carboxylic acids is 1. The van der Waals surface area contributed by atoms with Crippen LogP contribution in [-0.4, -0.2) is 36.0 Å². The van der Waals surface area contributed by atoms with Crippen LogP contribution >= 0.6 is 22.7 Å². The summed E-state index contributed by atoms with van der Waals surface area (Å²) in [6.45, 7) is 7.67. The van der Waals surface area contributed by atoms with Gasteiger partial charge in [-0.2, -0.15) is 0 Å². The molecule has 1 aromatic carbocycles. The molecule has 0 unspecified atom stereocenters. The second-order valence-electron chi connectivity index (χ2n) is 6.02. The number of carbonyl (C=O) groups excluding carboxylic acids is 1. The smallest absolute Gasteiger partial charge is 0.345 e. The lowest BCUT2D eigenvalue weighted by Gasteiger charge is -2.09. The zero-order chi connectivity index (χ0) is 20.3. The molecule has 0 radical (unpaired) electrons. The summed E-state index contributed by atoms with van der Waals surface area (Å²) >= 11 is 2.52. The fourth-order valence-corrected chi connectivity index (χ4v) is 4.21. The van der Waals surface area contributed by atoms with E-state index in [4.69, 9.17) is 16.4 Å². The highest BCUT2D eigenvalue weighted by atomic mass is 32.1. The van der Waals surface area contributed by atoms with E-state index in [1.54, 1.807) is 50.5 Å². The zero-order valence-electron chi connectivity index (χ0n) is 15.1. The van der Waals surface area contributed by atoms with Gasteiger partial charge in [0.15, 0.2) is 0 Å². The molecule has 0 atom stereocenters. The van der Waals surface area contributed by atoms with Crippen LogP contribution < -0.4 is 4.74 Å². The fourth-order valence-electron chi connectivity index (χ4n) is 2.43. The van der Waals surface area contributed by atoms with E-state index in [-0.39, 0.29) is 17.4 Å². The monoisotopic (exact) mass is 412 g/mol. The third kappa shape index (κ3) is 4.22. The minimum absolute atomic E-state index is 0.0564. The highest BCUT2D eigenvalue weighted by Gasteiger charge is 2.13. The van der Waals surface area contributed by atoms with Crippen molar-refractivity contribution < 1.29 is 19.4 Å². The van der Waals surface area contributed by atoms with Crippen LogP contribution in [0.25, 0.3) is 15.3 Å². The maximum Gasteiger partial charge on any atom is 0.345 e. The fraction of sp³-hybridized carbons (Fsp3) is 0.150. The lowest BCUT2D eigenvalue weighted by atomic mass is 10.1. The molecule has 0 aliphatic heterocycles. The Bertz CT molecular complexity index is 1080. The Kier molecular flexibility index (Phi) is 5.78. The Hall–Kier alpha value is -3.15. The van der Waals surface area contributed by atoms with Gasteiger partial charge >= 0.3 is 5.97 Å². The number of hydrogen-bond acceptors (Lipinski definition) is 5. The van der Waals surface area contributed by atoms with Crippen molar-refractivity contribution in [3.8, 4) is 16.2 Å². The number of carboxylic acids is 1. The molecule has 0 saturated carbocycles. The van der Waals surface area contributed by atoms with Crippen molar-refractivity contribution in [3.63, 3.8) is 0 Å². The second kappa shape index (κ2) is 8.25. The molecule has 0 aliphatic carbocycles. The van der Waals surface area contributed by atoms with Crippen molar-refractivity contribution in [2.24, 2.45) is 0 Å². The Morgan fingerprint density at radius 3 is 2.50 bits per heavy atom. The number of hydrogen-bond donors (Lipinski definition) is 1. The van der Waals surface area contributed by atoms with Crippen LogP contribution in [0.2, 0.25) is 0 Å². The first-order valence-corrected chi connectivity index (χ1v) is 9.80. The van der Waals surface area contributed by atoms with Crippen molar-refractivity contribution in [2.75, 3.05) is 14.1 Å². The summed E-state index contributed by atoms with van der Waals surface area (Å²) in [5.74, 6) is -0.577. The minimum atomic E-state index is -0.968. The van der Waals surface area contributed by atoms with Crippen molar-refractivity contribution in [2.45, 2.75) is 6.61 Å². The molecule has 0 saturated heterocycles. The molecule has 28 heavy (non-hydrogen) atoms. The maximum absolute atomic E-state index is 12.0. The highest BCUT2D eigenvalue weighted by molar-refractivity contribution is 7.17. The van der Waals surface area contributed by atoms with E-state index in [0.29, 0.717) is 16.3 Å². The molecular weight excluding hydrogens is 396 g/mol. The third-order valence-corrected chi connectivity index (χ3v) is 6.00. The van der Waals surface area contributed by atoms with Gasteiger partial charge in [-0.25, -0.2) is 9.64 Å². The van der Waals surface area contributed by atoms with Crippen molar-refractivity contribution in [1.29, 1.82) is 0 Å². The molecule has 3 rings (SSSR count). The average Bonchev–Trinajstić information content (AvgIpc) is 3.35. The van der Waals surface area contributed by atoms with E-state index in [0.717, 1.165) is 26.7 Å². The summed E-state index contributed by atoms with van der Waals surface area (Å²) in [6.07, 6.45) is 0. The minimum Gasteiger partial charge on any atom is -0.499 e. The number of carbonyl (C=O) groups is 2. The normalized spacial score (nSPS) is 10.3. The van der Waals surface area contributed by atoms with E-state index in [9.17, 15) is 9.59 Å². The number of amides is 1. The van der Waals surface area contributed by atoms with Crippen LogP contribution in [0.15, 0.2) is 42.5 Å². The lowest BCUT2D eigenvalue weighted by Crippen LogP contribution is -2.20. The van der Waals surface area contributed by atoms with Crippen molar-refractivity contribution >= 4 is 40.2 Å². The van der Waals surface area contributed by atoms with E-state index in [1.165, 1.54) is 16.2 Å². The van der Waals surface area contributed by atoms with Gasteiger partial charge in [-0.1, -0.05) is 6.07 Å². The molecular formula is C20H16N2O4S2. The number of benzene rings is 1. The van der Waals surface area contributed by atoms with Crippen LogP contribution in [0.4, 0.5) is 5.69 Å². The number of thiophene rings is 2. The van der Waals surface area contributed by atoms with Crippen LogP contribution in [0.5, 0.6) is 5.75 Å². The first-order valence-electron chi connectivity index (χ1n) is 8.17. The quantitative estimate of drug-likeness (QED) is 0.578. The Balaban J connectivity index is 1.75. The summed E-state index contributed by atoms with van der Waals surface area (Å²) < 4.78 is 5.78. The SMILES string of the molecule is [C-]#[N+]c1cc(-c2ccc(C(=O)O)s2)ccc1OCc1ccc(C(=O)N(C)C)s1. The molecule has 0 aliphatic rings. The van der Waals surface area contributed by atoms with Gasteiger partial charge in [0.2, 0.25) is 5.69 Å². The topological polar surface area (TPSA) is 71.2 Å². The number of nitrogens with zero attached hydrogens (tertiary/aromatic N) is 2. The molecule has 2 heterocycles. The highest BCUT2D eigenvalue weighted by Crippen LogP contribution is 2.36. The van der Waals surface area contributed by atoms with Crippen LogP contribution in [-0.2, 0) is 6.61 Å². The van der Waals surface area contributed by atoms with Gasteiger partial charge in [0.1, 0.15) is 17.2 Å². The summed E-state index contributed by atoms with van der Waals surface area (Å²) in [7, 11) is 3.41. The predicted octanol–water partition coefficient (Wildman–Crippen LogP) is 5.01. The van der Waals surface area contributed by atoms with E-state index in [1.807, 2.05) is 6.07 Å². The Morgan fingerprint density at radius 2 is 1.86 bits per heavy atom. The number of carboxylic acid groups (broad SMARTS) is 1. The van der Waals surface area contributed by atoms with Gasteiger partial charge in [0.25, 0.3) is 5.91 Å². The summed E-state index contributed by atoms with van der Waals surface area (Å²) in [6, 6.07) is 12.1. The molecule has 1 N–H and O–H groups in total. The first kappa shape index (κ1) is 19.6. The van der Waals surface area contributed by atoms with Crippen molar-refractivity contribution in [1.82, 2.24) is 4.90 Å². The molecule has 142 valence electrons. The molecule has 6 nitrogen and oxygen atoms in total. The first-order chi connectivity index (χ1) is 13.4. The summed E-state index contributed by atoms with van der Waals surface area (Å²) in [4.78, 5) is 30.6. The van der Waals surface area contributed by atoms with Crippen molar-refractivity contribution in [3.05, 3.63) is 68.5 Å². The molecule has 1 amide bonds. The summed E-state index contributed by atoms with van der Waals surface area (Å²) in [5, 5.41) is 9.05. The summed E-state index contributed by atoms with van der Waals surface area (Å²) in [5.41, 5.74) is 1.12. The van der Waals surface area contributed by atoms with Gasteiger partial charge in [-0.05, 0) is 42.0 Å². The van der Waals surface area contributed by atoms with Crippen LogP contribution in [0.3, 0.4) is 0 Å². The lowest BCUT2D eigenvalue weighted by molar-refractivity contribution is 0.0701. The molecule has 8 heteroatoms. The molecule has 0 fully saturated rings. The van der Waals surface area contributed by atoms with E-state index >= 15 is 0 Å². The molecule has 3 aromatic rings. The zero-order valence-corrected chi connectivity index (χ0v) is 16.8. The predicted molar refractivity (Wildman–Crippen MR) is 110 cm³/mol. The number of ether oxygens (including phenoxy) is 1. The van der Waals surface area contributed by atoms with Gasteiger partial charge in [-0.15, -0.1) is 22.7 Å². The molecule has 0 bridgehead atoms. The van der Waals surface area contributed by atoms with Crippen LogP contribution in [0, 0.1) is 6.57 Å². The third-order valence-electron chi connectivity index (χ3n) is 3.83. The van der Waals surface area contributed by atoms with Gasteiger partial charge in [0.05, 0.1) is 11.4 Å². The van der Waals surface area contributed by atoms with Gasteiger partial charge in [0, 0.05) is 23.8 Å². The van der Waals surface area contributed by atoms with E-state index in [2.05, 4.69) is 4.85 Å². The standard InChI is InChI=1S/C20H16N2O4S2/c1-21-14-10-12(16-8-9-18(28-16)20(24)25)4-6-15(14)26-11-13-5-7-17(27-13)19(23)22(2)3/h4-10H,11H2,2-3H3,(H,24,25). The Labute approximate surface area is 170 Å². The largest absolute Gasteiger partial charge is 0.499 e. The van der Waals surface area contributed by atoms with Gasteiger partial charge < -0.3 is 14.7 Å². The average molecular weight is 412 g/mol. The number of rotatable bonds is 6. The van der Waals surface area contributed by atoms with E-state index < -0.39 is 5.97 Å². The van der Waals surface area contributed by atoms with Crippen LogP contribution in [0.1, 0.15) is 24.2 Å².